The first kappa shape index (κ1) is 25.8. The van der Waals surface area contributed by atoms with Crippen molar-refractivity contribution in [3.05, 3.63) is 53.5 Å². The third-order valence-corrected chi connectivity index (χ3v) is 7.81. The van der Waals surface area contributed by atoms with Gasteiger partial charge in [-0.15, -0.1) is 0 Å². The van der Waals surface area contributed by atoms with E-state index in [2.05, 4.69) is 44.0 Å². The summed E-state index contributed by atoms with van der Waals surface area (Å²) in [5, 5.41) is 14.0. The van der Waals surface area contributed by atoms with E-state index in [0.717, 1.165) is 61.3 Å². The Hall–Kier alpha value is -3.50. The molecule has 39 heavy (non-hydrogen) atoms. The lowest BCUT2D eigenvalue weighted by molar-refractivity contribution is -0.0644. The van der Waals surface area contributed by atoms with Crippen LogP contribution in [0.3, 0.4) is 0 Å². The normalized spacial score (nSPS) is 21.4. The maximum atomic E-state index is 12.9. The monoisotopic (exact) mass is 531 g/mol. The Labute approximate surface area is 228 Å². The minimum atomic E-state index is -0.00479. The largest absolute Gasteiger partial charge is 0.381 e. The van der Waals surface area contributed by atoms with Crippen molar-refractivity contribution in [2.24, 2.45) is 0 Å². The van der Waals surface area contributed by atoms with E-state index >= 15 is 0 Å². The molecule has 0 saturated carbocycles. The number of nitrogens with one attached hydrogen (secondary N) is 3. The second kappa shape index (κ2) is 11.3. The highest BCUT2D eigenvalue weighted by Gasteiger charge is 2.33. The van der Waals surface area contributed by atoms with Crippen molar-refractivity contribution in [3.8, 4) is 11.3 Å². The van der Waals surface area contributed by atoms with Crippen LogP contribution in [-0.4, -0.2) is 69.6 Å². The Balaban J connectivity index is 1.16. The number of rotatable bonds is 7. The van der Waals surface area contributed by atoms with E-state index in [9.17, 15) is 4.79 Å². The first-order valence-corrected chi connectivity index (χ1v) is 14.1. The number of aryl methyl sites for hydroxylation is 1. The van der Waals surface area contributed by atoms with Gasteiger partial charge in [0.2, 0.25) is 5.95 Å². The summed E-state index contributed by atoms with van der Waals surface area (Å²) in [4.78, 5) is 24.0. The molecule has 4 heterocycles. The zero-order valence-corrected chi connectivity index (χ0v) is 22.7. The number of carbonyl (C=O) groups is 1. The van der Waals surface area contributed by atoms with Gasteiger partial charge in [0.1, 0.15) is 0 Å². The molecule has 3 aromatic rings. The Morgan fingerprint density at radius 1 is 1.21 bits per heavy atom. The molecule has 206 valence electrons. The van der Waals surface area contributed by atoms with Crippen LogP contribution in [0.2, 0.25) is 0 Å². The molecule has 10 nitrogen and oxygen atoms in total. The number of ether oxygens (including phenoxy) is 2. The molecule has 2 amide bonds. The summed E-state index contributed by atoms with van der Waals surface area (Å²) in [6.07, 6.45) is 8.96. The van der Waals surface area contributed by atoms with E-state index in [1.54, 1.807) is 12.4 Å². The van der Waals surface area contributed by atoms with Gasteiger partial charge < -0.3 is 25.0 Å². The van der Waals surface area contributed by atoms with Crippen LogP contribution in [-0.2, 0) is 15.9 Å². The molecule has 1 aliphatic carbocycles. The molecule has 2 aliphatic heterocycles. The van der Waals surface area contributed by atoms with Crippen LogP contribution in [0, 0.1) is 0 Å². The van der Waals surface area contributed by atoms with Crippen molar-refractivity contribution in [2.45, 2.75) is 70.1 Å². The molecule has 2 fully saturated rings. The molecular formula is C29H37N7O3. The van der Waals surface area contributed by atoms with Crippen molar-refractivity contribution in [1.82, 2.24) is 30.4 Å². The average Bonchev–Trinajstić information content (AvgIpc) is 3.56. The van der Waals surface area contributed by atoms with Gasteiger partial charge in [-0.2, -0.15) is 5.10 Å². The second-order valence-electron chi connectivity index (χ2n) is 11.0. The maximum Gasteiger partial charge on any atom is 0.318 e. The highest BCUT2D eigenvalue weighted by atomic mass is 16.5. The van der Waals surface area contributed by atoms with Crippen molar-refractivity contribution in [2.75, 3.05) is 31.6 Å². The van der Waals surface area contributed by atoms with E-state index in [4.69, 9.17) is 14.5 Å². The number of aromatic amines is 1. The number of urea groups is 1. The first-order valence-electron chi connectivity index (χ1n) is 14.1. The van der Waals surface area contributed by atoms with Crippen LogP contribution in [0.5, 0.6) is 0 Å². The molecule has 3 aliphatic rings. The lowest BCUT2D eigenvalue weighted by Gasteiger charge is -2.40. The zero-order valence-electron chi connectivity index (χ0n) is 22.7. The van der Waals surface area contributed by atoms with E-state index < -0.39 is 0 Å². The van der Waals surface area contributed by atoms with Gasteiger partial charge in [0, 0.05) is 24.3 Å². The van der Waals surface area contributed by atoms with Crippen LogP contribution in [0.25, 0.3) is 11.3 Å². The molecule has 1 unspecified atom stereocenters. The van der Waals surface area contributed by atoms with Gasteiger partial charge in [0.05, 0.1) is 61.2 Å². The summed E-state index contributed by atoms with van der Waals surface area (Å²) in [6.45, 7) is 6.83. The van der Waals surface area contributed by atoms with E-state index in [-0.39, 0.29) is 24.3 Å². The number of H-pyrrole nitrogens is 1. The van der Waals surface area contributed by atoms with Gasteiger partial charge in [-0.3, -0.25) is 5.10 Å². The zero-order chi connectivity index (χ0) is 26.8. The number of benzene rings is 1. The van der Waals surface area contributed by atoms with Gasteiger partial charge >= 0.3 is 6.03 Å². The Morgan fingerprint density at radius 2 is 2.10 bits per heavy atom. The van der Waals surface area contributed by atoms with Crippen molar-refractivity contribution in [1.29, 1.82) is 0 Å². The number of aromatic nitrogens is 4. The molecule has 2 aromatic heterocycles. The molecule has 0 radical (unpaired) electrons. The molecule has 2 atom stereocenters. The standard InChI is InChI=1S/C29H37N7O3/c1-18(2)39-22-15-36(16-22)29(37)34-25-6-4-3-5-19-13-20(7-8-23(19)25)24-9-11-30-28(32-24)33-26-14-31-35-27(26)21-10-12-38-17-21/h7-9,11,13-14,18,21-22,25H,3-6,10,12,15-17H2,1-2H3,(H,31,35)(H,34,37)(H,30,32,33)/t21-,25?/m0/s1. The number of amides is 2. The molecule has 0 bridgehead atoms. The van der Waals surface area contributed by atoms with Gasteiger partial charge in [-0.25, -0.2) is 14.8 Å². The first-order chi connectivity index (χ1) is 19.0. The average molecular weight is 532 g/mol. The molecule has 0 spiro atoms. The molecule has 3 N–H and O–H groups in total. The van der Waals surface area contributed by atoms with Gasteiger partial charge in [0.25, 0.3) is 0 Å². The minimum absolute atomic E-state index is 0.00479. The fourth-order valence-corrected chi connectivity index (χ4v) is 5.78. The molecular weight excluding hydrogens is 494 g/mol. The van der Waals surface area contributed by atoms with Crippen LogP contribution in [0.4, 0.5) is 16.4 Å². The van der Waals surface area contributed by atoms with Gasteiger partial charge in [-0.05, 0) is 62.8 Å². The van der Waals surface area contributed by atoms with Crippen molar-refractivity contribution < 1.29 is 14.3 Å². The van der Waals surface area contributed by atoms with Crippen LogP contribution in [0.1, 0.15) is 68.3 Å². The molecule has 1 aromatic carbocycles. The third-order valence-electron chi connectivity index (χ3n) is 7.81. The number of hydrogen-bond donors (Lipinski definition) is 3. The van der Waals surface area contributed by atoms with E-state index in [0.29, 0.717) is 31.6 Å². The lowest BCUT2D eigenvalue weighted by Crippen LogP contribution is -2.58. The molecule has 6 rings (SSSR count). The van der Waals surface area contributed by atoms with Crippen LogP contribution in [0.15, 0.2) is 36.7 Å². The fraction of sp³-hybridized carbons (Fsp3) is 0.517. The highest BCUT2D eigenvalue weighted by Crippen LogP contribution is 2.33. The van der Waals surface area contributed by atoms with E-state index in [1.165, 1.54) is 11.1 Å². The Morgan fingerprint density at radius 3 is 2.92 bits per heavy atom. The van der Waals surface area contributed by atoms with Crippen molar-refractivity contribution in [3.63, 3.8) is 0 Å². The molecule has 2 saturated heterocycles. The maximum absolute atomic E-state index is 12.9. The number of carbonyl (C=O) groups excluding carboxylic acids is 1. The minimum Gasteiger partial charge on any atom is -0.381 e. The number of nitrogens with zero attached hydrogens (tertiary/aromatic N) is 4. The summed E-state index contributed by atoms with van der Waals surface area (Å²) in [5.41, 5.74) is 6.28. The quantitative estimate of drug-likeness (QED) is 0.378. The predicted molar refractivity (Wildman–Crippen MR) is 148 cm³/mol. The lowest BCUT2D eigenvalue weighted by atomic mass is 9.95. The number of fused-ring (bicyclic) bond motifs is 1. The van der Waals surface area contributed by atoms with Gasteiger partial charge in [0.15, 0.2) is 0 Å². The molecule has 10 heteroatoms. The predicted octanol–water partition coefficient (Wildman–Crippen LogP) is 4.70. The van der Waals surface area contributed by atoms with Crippen molar-refractivity contribution >= 4 is 17.7 Å². The Kier molecular flexibility index (Phi) is 7.47. The summed E-state index contributed by atoms with van der Waals surface area (Å²) in [5.74, 6) is 0.829. The van der Waals surface area contributed by atoms with Gasteiger partial charge in [-0.1, -0.05) is 18.6 Å². The Bertz CT molecular complexity index is 1300. The number of likely N-dealkylation sites (tertiary alicyclic amines) is 1. The second-order valence-corrected chi connectivity index (χ2v) is 11.0. The SMILES string of the molecule is CC(C)OC1CN(C(=O)NC2CCCCc3cc(-c4ccnc(Nc5cn[nH]c5[C@H]5CCOC5)n4)ccc32)C1. The highest BCUT2D eigenvalue weighted by molar-refractivity contribution is 5.76. The number of hydrogen-bond acceptors (Lipinski definition) is 7. The summed E-state index contributed by atoms with van der Waals surface area (Å²) >= 11 is 0. The third kappa shape index (κ3) is 5.77. The smallest absolute Gasteiger partial charge is 0.318 e. The summed E-state index contributed by atoms with van der Waals surface area (Å²) < 4.78 is 11.4. The summed E-state index contributed by atoms with van der Waals surface area (Å²) in [6, 6.07) is 8.42. The fourth-order valence-electron chi connectivity index (χ4n) is 5.78. The number of anilines is 2. The van der Waals surface area contributed by atoms with Crippen LogP contribution < -0.4 is 10.6 Å². The van der Waals surface area contributed by atoms with E-state index in [1.807, 2.05) is 24.8 Å². The topological polar surface area (TPSA) is 117 Å². The van der Waals surface area contributed by atoms with Crippen LogP contribution >= 0.6 is 0 Å². The summed E-state index contributed by atoms with van der Waals surface area (Å²) in [7, 11) is 0.